The van der Waals surface area contributed by atoms with Crippen LogP contribution in [0.4, 0.5) is 5.82 Å². The van der Waals surface area contributed by atoms with Gasteiger partial charge >= 0.3 is 0 Å². The minimum atomic E-state index is -0.0790. The fraction of sp³-hybridized carbons (Fsp3) is 0.455. The van der Waals surface area contributed by atoms with Gasteiger partial charge in [0.2, 0.25) is 0 Å². The summed E-state index contributed by atoms with van der Waals surface area (Å²) in [7, 11) is 0. The second kappa shape index (κ2) is 9.84. The number of aromatic nitrogens is 2. The molecule has 0 amide bonds. The molecule has 0 spiro atoms. The van der Waals surface area contributed by atoms with Crippen LogP contribution in [0.15, 0.2) is 30.5 Å². The summed E-state index contributed by atoms with van der Waals surface area (Å²) in [4.78, 5) is 11.8. The van der Waals surface area contributed by atoms with Gasteiger partial charge in [0, 0.05) is 35.7 Å². The third kappa shape index (κ3) is 5.09. The van der Waals surface area contributed by atoms with Gasteiger partial charge in [-0.25, -0.2) is 9.97 Å². The van der Waals surface area contributed by atoms with Crippen LogP contribution >= 0.6 is 34.8 Å². The molecule has 0 bridgehead atoms. The number of halogens is 3. The summed E-state index contributed by atoms with van der Waals surface area (Å²) in [6.07, 6.45) is 7.39. The Morgan fingerprint density at radius 2 is 2.10 bits per heavy atom. The van der Waals surface area contributed by atoms with Crippen molar-refractivity contribution in [2.24, 2.45) is 0 Å². The Labute approximate surface area is 192 Å². The lowest BCUT2D eigenvalue weighted by Crippen LogP contribution is -2.47. The number of hydrogen-bond donors (Lipinski definition) is 2. The van der Waals surface area contributed by atoms with Crippen molar-refractivity contribution in [3.05, 3.63) is 56.9 Å². The summed E-state index contributed by atoms with van der Waals surface area (Å²) in [6.45, 7) is 6.21. The highest BCUT2D eigenvalue weighted by Gasteiger charge is 2.24. The predicted molar refractivity (Wildman–Crippen MR) is 126 cm³/mol. The molecule has 2 aliphatic rings. The van der Waals surface area contributed by atoms with Crippen LogP contribution in [0.25, 0.3) is 5.57 Å². The summed E-state index contributed by atoms with van der Waals surface area (Å²) in [5, 5.41) is 8.58. The molecule has 0 saturated carbocycles. The molecule has 2 aromatic rings. The SMILES string of the molecule is C[C@@H](Nc1nc(C2=CCN(C3CCCNC3)CC2)ncc1Cl)c1ccc(Cl)cc1Cl. The summed E-state index contributed by atoms with van der Waals surface area (Å²) in [5.74, 6) is 1.35. The number of rotatable bonds is 5. The zero-order chi connectivity index (χ0) is 21.1. The molecule has 3 heterocycles. The number of benzene rings is 1. The topological polar surface area (TPSA) is 53.1 Å². The molecule has 4 rings (SSSR count). The molecule has 1 aromatic heterocycles. The molecule has 0 radical (unpaired) electrons. The molecular weight excluding hydrogens is 441 g/mol. The summed E-state index contributed by atoms with van der Waals surface area (Å²) in [5.41, 5.74) is 2.11. The van der Waals surface area contributed by atoms with Crippen molar-refractivity contribution in [2.75, 3.05) is 31.5 Å². The van der Waals surface area contributed by atoms with E-state index in [1.54, 1.807) is 12.3 Å². The number of nitrogens with one attached hydrogen (secondary N) is 2. The number of nitrogens with zero attached hydrogens (tertiary/aromatic N) is 3. The highest BCUT2D eigenvalue weighted by Crippen LogP contribution is 2.31. The Morgan fingerprint density at radius 1 is 1.23 bits per heavy atom. The standard InChI is InChI=1S/C22H26Cl3N5/c1-14(18-5-4-16(23)11-19(18)24)28-22-20(25)13-27-21(29-22)15-6-9-30(10-7-15)17-3-2-8-26-12-17/h4-6,11,13-14,17,26H,2-3,7-10,12H2,1H3,(H,27,28,29)/t14-,17?/m1/s1. The van der Waals surface area contributed by atoms with E-state index in [1.165, 1.54) is 18.4 Å². The van der Waals surface area contributed by atoms with Crippen LogP contribution in [0.1, 0.15) is 43.6 Å². The van der Waals surface area contributed by atoms with Gasteiger partial charge in [0.1, 0.15) is 10.8 Å². The molecule has 1 unspecified atom stereocenters. The first kappa shape index (κ1) is 21.8. The van der Waals surface area contributed by atoms with E-state index in [0.717, 1.165) is 44.0 Å². The second-order valence-corrected chi connectivity index (χ2v) is 9.15. The Balaban J connectivity index is 1.47. The molecular formula is C22H26Cl3N5. The minimum absolute atomic E-state index is 0.0790. The van der Waals surface area contributed by atoms with E-state index in [-0.39, 0.29) is 6.04 Å². The maximum Gasteiger partial charge on any atom is 0.157 e. The van der Waals surface area contributed by atoms with Crippen LogP contribution in [0, 0.1) is 0 Å². The molecule has 160 valence electrons. The van der Waals surface area contributed by atoms with Crippen LogP contribution in [-0.4, -0.2) is 47.1 Å². The lowest BCUT2D eigenvalue weighted by molar-refractivity contribution is 0.182. The van der Waals surface area contributed by atoms with Gasteiger partial charge in [-0.3, -0.25) is 4.90 Å². The smallest absolute Gasteiger partial charge is 0.157 e. The number of anilines is 1. The van der Waals surface area contributed by atoms with E-state index in [0.29, 0.717) is 26.9 Å². The zero-order valence-electron chi connectivity index (χ0n) is 17.0. The minimum Gasteiger partial charge on any atom is -0.362 e. The van der Waals surface area contributed by atoms with Gasteiger partial charge in [0.15, 0.2) is 5.82 Å². The summed E-state index contributed by atoms with van der Waals surface area (Å²) < 4.78 is 0. The van der Waals surface area contributed by atoms with Gasteiger partial charge < -0.3 is 10.6 Å². The molecule has 8 heteroatoms. The van der Waals surface area contributed by atoms with Gasteiger partial charge in [-0.15, -0.1) is 0 Å². The van der Waals surface area contributed by atoms with Crippen LogP contribution in [-0.2, 0) is 0 Å². The first-order valence-corrected chi connectivity index (χ1v) is 11.5. The van der Waals surface area contributed by atoms with Crippen molar-refractivity contribution in [3.63, 3.8) is 0 Å². The van der Waals surface area contributed by atoms with Gasteiger partial charge in [-0.2, -0.15) is 0 Å². The van der Waals surface area contributed by atoms with Crippen molar-refractivity contribution in [3.8, 4) is 0 Å². The fourth-order valence-corrected chi connectivity index (χ4v) is 4.84. The van der Waals surface area contributed by atoms with E-state index in [1.807, 2.05) is 19.1 Å². The Morgan fingerprint density at radius 3 is 2.80 bits per heavy atom. The zero-order valence-corrected chi connectivity index (χ0v) is 19.2. The summed E-state index contributed by atoms with van der Waals surface area (Å²) in [6, 6.07) is 6.03. The molecule has 2 atom stereocenters. The van der Waals surface area contributed by atoms with E-state index in [9.17, 15) is 0 Å². The highest BCUT2D eigenvalue weighted by molar-refractivity contribution is 6.35. The first-order valence-electron chi connectivity index (χ1n) is 10.4. The molecule has 5 nitrogen and oxygen atoms in total. The molecule has 1 aromatic carbocycles. The maximum absolute atomic E-state index is 6.38. The van der Waals surface area contributed by atoms with Crippen molar-refractivity contribution in [1.82, 2.24) is 20.2 Å². The second-order valence-electron chi connectivity index (χ2n) is 7.90. The lowest BCUT2D eigenvalue weighted by atomic mass is 10.0. The van der Waals surface area contributed by atoms with E-state index in [2.05, 4.69) is 26.6 Å². The van der Waals surface area contributed by atoms with Crippen molar-refractivity contribution >= 4 is 46.2 Å². The van der Waals surface area contributed by atoms with Crippen LogP contribution in [0.2, 0.25) is 15.1 Å². The quantitative estimate of drug-likeness (QED) is 0.613. The van der Waals surface area contributed by atoms with Crippen molar-refractivity contribution in [1.29, 1.82) is 0 Å². The van der Waals surface area contributed by atoms with Crippen LogP contribution in [0.5, 0.6) is 0 Å². The van der Waals surface area contributed by atoms with Crippen molar-refractivity contribution in [2.45, 2.75) is 38.3 Å². The highest BCUT2D eigenvalue weighted by atomic mass is 35.5. The van der Waals surface area contributed by atoms with Gasteiger partial charge in [0.25, 0.3) is 0 Å². The van der Waals surface area contributed by atoms with E-state index < -0.39 is 0 Å². The van der Waals surface area contributed by atoms with Gasteiger partial charge in [0.05, 0.1) is 12.2 Å². The van der Waals surface area contributed by atoms with E-state index in [4.69, 9.17) is 39.8 Å². The number of hydrogen-bond acceptors (Lipinski definition) is 5. The molecule has 2 aliphatic heterocycles. The van der Waals surface area contributed by atoms with Crippen molar-refractivity contribution < 1.29 is 0 Å². The predicted octanol–water partition coefficient (Wildman–Crippen LogP) is 5.45. The average Bonchev–Trinajstić information content (AvgIpc) is 2.76. The Bertz CT molecular complexity index is 927. The summed E-state index contributed by atoms with van der Waals surface area (Å²) >= 11 is 18.7. The van der Waals surface area contributed by atoms with Crippen LogP contribution in [0.3, 0.4) is 0 Å². The lowest BCUT2D eigenvalue weighted by Gasteiger charge is -2.36. The molecule has 0 aliphatic carbocycles. The van der Waals surface area contributed by atoms with Gasteiger partial charge in [-0.1, -0.05) is 46.9 Å². The maximum atomic E-state index is 6.38. The Hall–Kier alpha value is -1.37. The number of piperidine rings is 1. The Kier molecular flexibility index (Phi) is 7.16. The van der Waals surface area contributed by atoms with E-state index >= 15 is 0 Å². The first-order chi connectivity index (χ1) is 14.5. The molecule has 30 heavy (non-hydrogen) atoms. The largest absolute Gasteiger partial charge is 0.362 e. The normalized spacial score (nSPS) is 21.2. The molecule has 1 saturated heterocycles. The fourth-order valence-electron chi connectivity index (χ4n) is 4.12. The molecule has 2 N–H and O–H groups in total. The third-order valence-corrected chi connectivity index (χ3v) is 6.68. The molecule has 1 fully saturated rings. The monoisotopic (exact) mass is 465 g/mol. The van der Waals surface area contributed by atoms with Crippen LogP contribution < -0.4 is 10.6 Å². The average molecular weight is 467 g/mol. The van der Waals surface area contributed by atoms with Gasteiger partial charge in [-0.05, 0) is 56.0 Å². The third-order valence-electron chi connectivity index (χ3n) is 5.84.